The van der Waals surface area contributed by atoms with Crippen LogP contribution < -0.4 is 15.5 Å². The molecule has 1 amide bonds. The van der Waals surface area contributed by atoms with Gasteiger partial charge in [0.05, 0.1) is 7.11 Å². The van der Waals surface area contributed by atoms with Gasteiger partial charge in [-0.15, -0.1) is 0 Å². The van der Waals surface area contributed by atoms with E-state index in [4.69, 9.17) is 9.15 Å². The molecule has 0 unspecified atom stereocenters. The van der Waals surface area contributed by atoms with E-state index >= 15 is 0 Å². The van der Waals surface area contributed by atoms with E-state index in [0.29, 0.717) is 0 Å². The first-order valence-electron chi connectivity index (χ1n) is 4.52. The first kappa shape index (κ1) is 11.3. The van der Waals surface area contributed by atoms with Crippen molar-refractivity contribution in [3.63, 3.8) is 0 Å². The van der Waals surface area contributed by atoms with Crippen molar-refractivity contribution in [3.05, 3.63) is 28.3 Å². The molecule has 0 aliphatic carbocycles. The Labute approximate surface area is 87.0 Å². The first-order valence-corrected chi connectivity index (χ1v) is 4.52. The fraction of sp³-hybridized carbons (Fsp3) is 0.400. The number of amides is 1. The molecule has 0 aliphatic heterocycles. The molecule has 82 valence electrons. The molecule has 5 heteroatoms. The number of hydrogen-bond donors (Lipinski definition) is 1. The van der Waals surface area contributed by atoms with Crippen molar-refractivity contribution < 1.29 is 13.9 Å². The van der Waals surface area contributed by atoms with Gasteiger partial charge in [-0.3, -0.25) is 9.59 Å². The fourth-order valence-corrected chi connectivity index (χ4v) is 1.00. The molecule has 0 aromatic carbocycles. The van der Waals surface area contributed by atoms with Gasteiger partial charge < -0.3 is 14.5 Å². The second-order valence-electron chi connectivity index (χ2n) is 3.31. The molecule has 15 heavy (non-hydrogen) atoms. The summed E-state index contributed by atoms with van der Waals surface area (Å²) in [6.45, 7) is 3.64. The summed E-state index contributed by atoms with van der Waals surface area (Å²) in [4.78, 5) is 22.7. The van der Waals surface area contributed by atoms with Gasteiger partial charge in [-0.2, -0.15) is 0 Å². The average Bonchev–Trinajstić information content (AvgIpc) is 2.16. The predicted molar refractivity (Wildman–Crippen MR) is 54.1 cm³/mol. The molecule has 0 saturated heterocycles. The molecule has 1 heterocycles. The highest BCUT2D eigenvalue weighted by atomic mass is 16.5. The third kappa shape index (κ3) is 2.83. The smallest absolute Gasteiger partial charge is 0.287 e. The van der Waals surface area contributed by atoms with Gasteiger partial charge in [-0.25, -0.2) is 0 Å². The Morgan fingerprint density at radius 3 is 2.67 bits per heavy atom. The van der Waals surface area contributed by atoms with Crippen molar-refractivity contribution in [2.24, 2.45) is 0 Å². The van der Waals surface area contributed by atoms with Gasteiger partial charge in [0.15, 0.2) is 5.76 Å². The highest BCUT2D eigenvalue weighted by Gasteiger charge is 2.11. The maximum atomic E-state index is 11.4. The van der Waals surface area contributed by atoms with E-state index in [0.717, 1.165) is 12.3 Å². The zero-order valence-corrected chi connectivity index (χ0v) is 8.87. The molecule has 0 saturated carbocycles. The monoisotopic (exact) mass is 211 g/mol. The van der Waals surface area contributed by atoms with Crippen molar-refractivity contribution in [1.82, 2.24) is 5.32 Å². The molecule has 1 aromatic heterocycles. The Morgan fingerprint density at radius 1 is 1.53 bits per heavy atom. The average molecular weight is 211 g/mol. The second kappa shape index (κ2) is 4.63. The van der Waals surface area contributed by atoms with Crippen molar-refractivity contribution in [3.8, 4) is 5.75 Å². The van der Waals surface area contributed by atoms with Crippen LogP contribution in [0.25, 0.3) is 0 Å². The number of methoxy groups -OCH3 is 1. The van der Waals surface area contributed by atoms with Gasteiger partial charge in [-0.05, 0) is 13.8 Å². The summed E-state index contributed by atoms with van der Waals surface area (Å²) >= 11 is 0. The molecule has 1 rings (SSSR count). The second-order valence-corrected chi connectivity index (χ2v) is 3.31. The van der Waals surface area contributed by atoms with Gasteiger partial charge in [0.1, 0.15) is 6.26 Å². The highest BCUT2D eigenvalue weighted by molar-refractivity contribution is 5.91. The van der Waals surface area contributed by atoms with Gasteiger partial charge >= 0.3 is 0 Å². The van der Waals surface area contributed by atoms with Gasteiger partial charge in [0, 0.05) is 12.1 Å². The molecule has 5 nitrogen and oxygen atoms in total. The van der Waals surface area contributed by atoms with E-state index in [1.165, 1.54) is 7.11 Å². The van der Waals surface area contributed by atoms with Gasteiger partial charge in [-0.1, -0.05) is 0 Å². The van der Waals surface area contributed by atoms with E-state index < -0.39 is 5.91 Å². The van der Waals surface area contributed by atoms with Crippen LogP contribution >= 0.6 is 0 Å². The fourth-order valence-electron chi connectivity index (χ4n) is 1.00. The van der Waals surface area contributed by atoms with Crippen molar-refractivity contribution in [1.29, 1.82) is 0 Å². The number of carbonyl (C=O) groups is 1. The topological polar surface area (TPSA) is 68.5 Å². The summed E-state index contributed by atoms with van der Waals surface area (Å²) < 4.78 is 9.68. The minimum absolute atomic E-state index is 0.00935. The SMILES string of the molecule is COc1coc(C(=O)NC(C)C)cc1=O. The summed E-state index contributed by atoms with van der Waals surface area (Å²) in [5.41, 5.74) is -0.377. The molecule has 0 fully saturated rings. The van der Waals surface area contributed by atoms with Crippen LogP contribution in [0.15, 0.2) is 21.5 Å². The van der Waals surface area contributed by atoms with Crippen LogP contribution in [0.1, 0.15) is 24.4 Å². The summed E-state index contributed by atoms with van der Waals surface area (Å²) in [7, 11) is 1.36. The lowest BCUT2D eigenvalue weighted by Crippen LogP contribution is -2.30. The predicted octanol–water partition coefficient (Wildman–Crippen LogP) is 0.787. The summed E-state index contributed by atoms with van der Waals surface area (Å²) in [6, 6.07) is 1.10. The maximum absolute atomic E-state index is 11.4. The quantitative estimate of drug-likeness (QED) is 0.802. The van der Waals surface area contributed by atoms with E-state index in [1.54, 1.807) is 0 Å². The van der Waals surface area contributed by atoms with E-state index in [1.807, 2.05) is 13.8 Å². The number of carbonyl (C=O) groups excluding carboxylic acids is 1. The lowest BCUT2D eigenvalue weighted by Gasteiger charge is -2.07. The van der Waals surface area contributed by atoms with Crippen molar-refractivity contribution >= 4 is 5.91 Å². The van der Waals surface area contributed by atoms with E-state index in [9.17, 15) is 9.59 Å². The van der Waals surface area contributed by atoms with Crippen LogP contribution in [0.2, 0.25) is 0 Å². The van der Waals surface area contributed by atoms with E-state index in [2.05, 4.69) is 5.32 Å². The van der Waals surface area contributed by atoms with Crippen LogP contribution in [0, 0.1) is 0 Å². The van der Waals surface area contributed by atoms with Gasteiger partial charge in [0.2, 0.25) is 11.2 Å². The Bertz CT molecular complexity index is 408. The number of rotatable bonds is 3. The van der Waals surface area contributed by atoms with Gasteiger partial charge in [0.25, 0.3) is 5.91 Å². The zero-order chi connectivity index (χ0) is 11.4. The normalized spacial score (nSPS) is 10.1. The van der Waals surface area contributed by atoms with Crippen LogP contribution in [0.3, 0.4) is 0 Å². The Kier molecular flexibility index (Phi) is 3.49. The molecule has 1 aromatic rings. The Balaban J connectivity index is 2.93. The lowest BCUT2D eigenvalue weighted by molar-refractivity contribution is 0.0912. The number of nitrogens with one attached hydrogen (secondary N) is 1. The Morgan fingerprint density at radius 2 is 2.20 bits per heavy atom. The standard InChI is InChI=1S/C10H13NO4/c1-6(2)11-10(13)8-4-7(12)9(14-3)5-15-8/h4-6H,1-3H3,(H,11,13). The molecular formula is C10H13NO4. The van der Waals surface area contributed by atoms with Crippen LogP contribution in [0.5, 0.6) is 5.75 Å². The highest BCUT2D eigenvalue weighted by Crippen LogP contribution is 2.04. The molecule has 0 radical (unpaired) electrons. The Hall–Kier alpha value is -1.78. The molecule has 0 spiro atoms. The van der Waals surface area contributed by atoms with Crippen molar-refractivity contribution in [2.75, 3.05) is 7.11 Å². The summed E-state index contributed by atoms with van der Waals surface area (Å²) in [5, 5.41) is 2.61. The third-order valence-electron chi connectivity index (χ3n) is 1.66. The number of hydrogen-bond acceptors (Lipinski definition) is 4. The number of ether oxygens (including phenoxy) is 1. The molecule has 0 bridgehead atoms. The lowest BCUT2D eigenvalue weighted by atomic mass is 10.3. The molecular weight excluding hydrogens is 198 g/mol. The minimum atomic E-state index is -0.412. The molecule has 1 N–H and O–H groups in total. The maximum Gasteiger partial charge on any atom is 0.287 e. The van der Waals surface area contributed by atoms with Crippen LogP contribution in [-0.4, -0.2) is 19.1 Å². The van der Waals surface area contributed by atoms with Crippen molar-refractivity contribution in [2.45, 2.75) is 19.9 Å². The van der Waals surface area contributed by atoms with Crippen LogP contribution in [0.4, 0.5) is 0 Å². The third-order valence-corrected chi connectivity index (χ3v) is 1.66. The largest absolute Gasteiger partial charge is 0.490 e. The first-order chi connectivity index (χ1) is 7.04. The minimum Gasteiger partial charge on any atom is -0.490 e. The molecule has 0 atom stereocenters. The zero-order valence-electron chi connectivity index (χ0n) is 8.87. The summed E-state index contributed by atoms with van der Waals surface area (Å²) in [6.07, 6.45) is 1.12. The van der Waals surface area contributed by atoms with Crippen LogP contribution in [-0.2, 0) is 0 Å². The van der Waals surface area contributed by atoms with E-state index in [-0.39, 0.29) is 23.0 Å². The summed E-state index contributed by atoms with van der Waals surface area (Å²) in [5.74, 6) is -0.352. The molecule has 0 aliphatic rings.